The highest BCUT2D eigenvalue weighted by Gasteiger charge is 2.11. The van der Waals surface area contributed by atoms with Crippen LogP contribution in [-0.4, -0.2) is 28.6 Å². The van der Waals surface area contributed by atoms with Gasteiger partial charge in [-0.25, -0.2) is 4.79 Å². The molecule has 3 aromatic carbocycles. The number of benzene rings is 3. The van der Waals surface area contributed by atoms with Gasteiger partial charge in [0.1, 0.15) is 5.75 Å². The lowest BCUT2D eigenvalue weighted by Gasteiger charge is -2.12. The van der Waals surface area contributed by atoms with E-state index in [4.69, 9.17) is 9.84 Å². The zero-order valence-electron chi connectivity index (χ0n) is 16.8. The topological polar surface area (TPSA) is 91.4 Å². The number of carboxylic acids is 1. The molecule has 0 saturated carbocycles. The first-order chi connectivity index (χ1) is 15.1. The molecule has 0 spiro atoms. The predicted octanol–water partition coefficient (Wildman–Crippen LogP) is 4.87. The number of aliphatic carboxylic acids is 1. The van der Waals surface area contributed by atoms with Crippen LogP contribution >= 0.6 is 0 Å². The third-order valence-electron chi connectivity index (χ3n) is 4.96. The van der Waals surface area contributed by atoms with Gasteiger partial charge in [0, 0.05) is 34.3 Å². The molecule has 0 fully saturated rings. The molecule has 0 unspecified atom stereocenters. The molecule has 0 saturated heterocycles. The average Bonchev–Trinajstić information content (AvgIpc) is 3.27. The zero-order valence-corrected chi connectivity index (χ0v) is 16.8. The Morgan fingerprint density at radius 2 is 1.61 bits per heavy atom. The monoisotopic (exact) mass is 414 g/mol. The number of aromatic nitrogens is 1. The van der Waals surface area contributed by atoms with Crippen LogP contribution in [-0.2, 0) is 16.0 Å². The minimum Gasteiger partial charge on any atom is -0.481 e. The molecular weight excluding hydrogens is 392 g/mol. The molecule has 0 aliphatic rings. The Labute approximate surface area is 179 Å². The molecule has 156 valence electrons. The van der Waals surface area contributed by atoms with E-state index in [1.165, 1.54) is 0 Å². The van der Waals surface area contributed by atoms with Crippen LogP contribution in [0, 0.1) is 0 Å². The summed E-state index contributed by atoms with van der Waals surface area (Å²) in [7, 11) is 0. The average molecular weight is 414 g/mol. The van der Waals surface area contributed by atoms with Crippen LogP contribution in [0.3, 0.4) is 0 Å². The van der Waals surface area contributed by atoms with E-state index in [-0.39, 0.29) is 5.91 Å². The minimum atomic E-state index is -1.04. The number of aryl methyl sites for hydroxylation is 1. The zero-order chi connectivity index (χ0) is 21.6. The highest BCUT2D eigenvalue weighted by atomic mass is 16.5. The fourth-order valence-corrected chi connectivity index (χ4v) is 3.48. The van der Waals surface area contributed by atoms with Crippen molar-refractivity contribution < 1.29 is 19.4 Å². The summed E-state index contributed by atoms with van der Waals surface area (Å²) >= 11 is 0. The van der Waals surface area contributed by atoms with Gasteiger partial charge in [-0.15, -0.1) is 0 Å². The molecule has 0 radical (unpaired) electrons. The molecule has 0 aliphatic carbocycles. The molecule has 6 nitrogen and oxygen atoms in total. The Hall–Kier alpha value is -4.06. The van der Waals surface area contributed by atoms with Crippen molar-refractivity contribution in [2.75, 3.05) is 11.9 Å². The van der Waals surface area contributed by atoms with Gasteiger partial charge in [0.25, 0.3) is 0 Å². The lowest BCUT2D eigenvalue weighted by Crippen LogP contribution is -2.13. The van der Waals surface area contributed by atoms with E-state index >= 15 is 0 Å². The molecule has 1 amide bonds. The second kappa shape index (κ2) is 9.17. The summed E-state index contributed by atoms with van der Waals surface area (Å²) < 4.78 is 5.37. The van der Waals surface area contributed by atoms with E-state index in [0.717, 1.165) is 27.7 Å². The maximum atomic E-state index is 12.6. The number of fused-ring (bicyclic) bond motifs is 1. The van der Waals surface area contributed by atoms with Crippen molar-refractivity contribution in [3.05, 3.63) is 84.6 Å². The minimum absolute atomic E-state index is 0.0970. The second-order valence-electron chi connectivity index (χ2n) is 7.15. The molecule has 4 rings (SSSR count). The van der Waals surface area contributed by atoms with Gasteiger partial charge in [0.2, 0.25) is 5.91 Å². The normalized spacial score (nSPS) is 10.7. The van der Waals surface area contributed by atoms with Crippen LogP contribution in [0.5, 0.6) is 5.75 Å². The SMILES string of the molecule is O=C(O)COc1ccc(NC(=O)CCc2ccc(-c3ccccc3)[nH]2)c2ccccc12. The van der Waals surface area contributed by atoms with Gasteiger partial charge in [-0.1, -0.05) is 54.6 Å². The van der Waals surface area contributed by atoms with Gasteiger partial charge in [0.05, 0.1) is 0 Å². The number of amides is 1. The molecule has 1 aromatic heterocycles. The number of carbonyl (C=O) groups excluding carboxylic acids is 1. The lowest BCUT2D eigenvalue weighted by molar-refractivity contribution is -0.139. The number of carbonyl (C=O) groups is 2. The molecule has 0 atom stereocenters. The van der Waals surface area contributed by atoms with Crippen molar-refractivity contribution in [2.24, 2.45) is 0 Å². The van der Waals surface area contributed by atoms with E-state index in [0.29, 0.717) is 24.3 Å². The lowest BCUT2D eigenvalue weighted by atomic mass is 10.1. The number of hydrogen-bond donors (Lipinski definition) is 3. The summed E-state index contributed by atoms with van der Waals surface area (Å²) in [5.74, 6) is -0.669. The van der Waals surface area contributed by atoms with Gasteiger partial charge in [-0.2, -0.15) is 0 Å². The highest BCUT2D eigenvalue weighted by Crippen LogP contribution is 2.31. The van der Waals surface area contributed by atoms with E-state index in [1.54, 1.807) is 12.1 Å². The first kappa shape index (κ1) is 20.2. The molecule has 0 aliphatic heterocycles. The van der Waals surface area contributed by atoms with Crippen molar-refractivity contribution in [3.8, 4) is 17.0 Å². The summed E-state index contributed by atoms with van der Waals surface area (Å²) in [6, 6.07) is 24.9. The molecular formula is C25H22N2O4. The van der Waals surface area contributed by atoms with Crippen LogP contribution < -0.4 is 10.1 Å². The van der Waals surface area contributed by atoms with Crippen LogP contribution in [0.1, 0.15) is 12.1 Å². The largest absolute Gasteiger partial charge is 0.481 e. The first-order valence-electron chi connectivity index (χ1n) is 9.99. The van der Waals surface area contributed by atoms with Crippen molar-refractivity contribution >= 4 is 28.3 Å². The smallest absolute Gasteiger partial charge is 0.341 e. The van der Waals surface area contributed by atoms with Crippen LogP contribution in [0.15, 0.2) is 78.9 Å². The summed E-state index contributed by atoms with van der Waals surface area (Å²) in [4.78, 5) is 26.7. The van der Waals surface area contributed by atoms with Crippen LogP contribution in [0.25, 0.3) is 22.0 Å². The van der Waals surface area contributed by atoms with Crippen molar-refractivity contribution in [2.45, 2.75) is 12.8 Å². The Morgan fingerprint density at radius 1 is 0.871 bits per heavy atom. The third-order valence-corrected chi connectivity index (χ3v) is 4.96. The van der Waals surface area contributed by atoms with Crippen molar-refractivity contribution in [1.82, 2.24) is 4.98 Å². The Balaban J connectivity index is 1.42. The fourth-order valence-electron chi connectivity index (χ4n) is 3.48. The van der Waals surface area contributed by atoms with Crippen molar-refractivity contribution in [3.63, 3.8) is 0 Å². The standard InChI is InChI=1S/C25H22N2O4/c28-24(15-11-18-10-12-21(26-18)17-6-2-1-3-7-17)27-22-13-14-23(31-16-25(29)30)20-9-5-4-8-19(20)22/h1-10,12-14,26H,11,15-16H2,(H,27,28)(H,29,30). The van der Waals surface area contributed by atoms with Gasteiger partial charge < -0.3 is 20.1 Å². The predicted molar refractivity (Wildman–Crippen MR) is 120 cm³/mol. The third kappa shape index (κ3) is 4.93. The molecule has 4 aromatic rings. The maximum absolute atomic E-state index is 12.6. The van der Waals surface area contributed by atoms with Gasteiger partial charge >= 0.3 is 5.97 Å². The number of anilines is 1. The van der Waals surface area contributed by atoms with Crippen molar-refractivity contribution in [1.29, 1.82) is 0 Å². The van der Waals surface area contributed by atoms with E-state index in [2.05, 4.69) is 10.3 Å². The first-order valence-corrected chi connectivity index (χ1v) is 9.99. The van der Waals surface area contributed by atoms with E-state index in [9.17, 15) is 9.59 Å². The molecule has 0 bridgehead atoms. The number of ether oxygens (including phenoxy) is 1. The molecule has 31 heavy (non-hydrogen) atoms. The van der Waals surface area contributed by atoms with E-state index < -0.39 is 12.6 Å². The number of carboxylic acid groups (broad SMARTS) is 1. The summed E-state index contributed by atoms with van der Waals surface area (Å²) in [5, 5.41) is 13.4. The maximum Gasteiger partial charge on any atom is 0.341 e. The van der Waals surface area contributed by atoms with Crippen LogP contribution in [0.2, 0.25) is 0 Å². The number of rotatable bonds is 8. The Kier molecular flexibility index (Phi) is 5.98. The number of H-pyrrole nitrogens is 1. The number of nitrogens with one attached hydrogen (secondary N) is 2. The van der Waals surface area contributed by atoms with Gasteiger partial charge in [-0.3, -0.25) is 4.79 Å². The second-order valence-corrected chi connectivity index (χ2v) is 7.15. The number of hydrogen-bond acceptors (Lipinski definition) is 3. The van der Waals surface area contributed by atoms with Gasteiger partial charge in [-0.05, 0) is 36.2 Å². The Morgan fingerprint density at radius 3 is 2.39 bits per heavy atom. The molecule has 3 N–H and O–H groups in total. The summed E-state index contributed by atoms with van der Waals surface area (Å²) in [6.07, 6.45) is 0.927. The van der Waals surface area contributed by atoms with Crippen LogP contribution in [0.4, 0.5) is 5.69 Å². The quantitative estimate of drug-likeness (QED) is 0.384. The van der Waals surface area contributed by atoms with Gasteiger partial charge in [0.15, 0.2) is 6.61 Å². The molecule has 1 heterocycles. The number of aromatic amines is 1. The fraction of sp³-hybridized carbons (Fsp3) is 0.120. The summed E-state index contributed by atoms with van der Waals surface area (Å²) in [6.45, 7) is -0.420. The highest BCUT2D eigenvalue weighted by molar-refractivity contribution is 6.04. The summed E-state index contributed by atoms with van der Waals surface area (Å²) in [5.41, 5.74) is 3.80. The molecule has 6 heteroatoms. The van der Waals surface area contributed by atoms with E-state index in [1.807, 2.05) is 66.7 Å². The Bertz CT molecular complexity index is 1210.